The highest BCUT2D eigenvalue weighted by Gasteiger charge is 2.30. The minimum absolute atomic E-state index is 0.665. The molecule has 0 spiro atoms. The third kappa shape index (κ3) is 3.47. The van der Waals surface area contributed by atoms with Gasteiger partial charge in [0.2, 0.25) is 0 Å². The molecule has 3 nitrogen and oxygen atoms in total. The lowest BCUT2D eigenvalue weighted by Gasteiger charge is -2.18. The average Bonchev–Trinajstić information content (AvgIpc) is 3.21. The molecule has 1 heterocycles. The minimum Gasteiger partial charge on any atom is -0.496 e. The lowest BCUT2D eigenvalue weighted by molar-refractivity contribution is 0.405. The van der Waals surface area contributed by atoms with Crippen LogP contribution in [0, 0.1) is 19.8 Å². The minimum atomic E-state index is 0.665. The van der Waals surface area contributed by atoms with E-state index >= 15 is 0 Å². The third-order valence-corrected chi connectivity index (χ3v) is 4.10. The molecule has 0 bridgehead atoms. The summed E-state index contributed by atoms with van der Waals surface area (Å²) < 4.78 is 5.47. The van der Waals surface area contributed by atoms with Gasteiger partial charge in [-0.15, -0.1) is 0 Å². The Morgan fingerprint density at radius 1 is 1.42 bits per heavy atom. The summed E-state index contributed by atoms with van der Waals surface area (Å²) in [4.78, 5) is 4.59. The van der Waals surface area contributed by atoms with E-state index < -0.39 is 0 Å². The van der Waals surface area contributed by atoms with Crippen LogP contribution in [0.15, 0.2) is 6.20 Å². The zero-order valence-electron chi connectivity index (χ0n) is 12.6. The number of hydrogen-bond acceptors (Lipinski definition) is 3. The van der Waals surface area contributed by atoms with Crippen molar-refractivity contribution in [3.8, 4) is 5.75 Å². The van der Waals surface area contributed by atoms with Gasteiger partial charge in [-0.1, -0.05) is 6.92 Å². The number of hydrogen-bond donors (Lipinski definition) is 1. The summed E-state index contributed by atoms with van der Waals surface area (Å²) >= 11 is 0. The van der Waals surface area contributed by atoms with Gasteiger partial charge in [0.1, 0.15) is 5.75 Å². The number of aryl methyl sites for hydroxylation is 2. The first-order valence-electron chi connectivity index (χ1n) is 7.39. The van der Waals surface area contributed by atoms with Gasteiger partial charge in [0.05, 0.1) is 7.11 Å². The van der Waals surface area contributed by atoms with Gasteiger partial charge >= 0.3 is 0 Å². The largest absolute Gasteiger partial charge is 0.496 e. The Morgan fingerprint density at radius 2 is 2.16 bits per heavy atom. The molecule has 0 amide bonds. The van der Waals surface area contributed by atoms with Gasteiger partial charge in [-0.3, -0.25) is 4.98 Å². The van der Waals surface area contributed by atoms with E-state index in [2.05, 4.69) is 24.1 Å². The molecule has 1 aliphatic rings. The molecule has 19 heavy (non-hydrogen) atoms. The Kier molecular flexibility index (Phi) is 4.81. The molecule has 0 radical (unpaired) electrons. The molecule has 1 saturated carbocycles. The zero-order chi connectivity index (χ0) is 13.8. The molecule has 2 rings (SSSR count). The Hall–Kier alpha value is -1.09. The fourth-order valence-electron chi connectivity index (χ4n) is 2.88. The maximum absolute atomic E-state index is 5.47. The number of ether oxygens (including phenoxy) is 1. The van der Waals surface area contributed by atoms with Crippen LogP contribution in [0.3, 0.4) is 0 Å². The second kappa shape index (κ2) is 6.38. The molecule has 1 N–H and O–H groups in total. The highest BCUT2D eigenvalue weighted by molar-refractivity contribution is 5.41. The molecule has 1 aliphatic carbocycles. The van der Waals surface area contributed by atoms with Gasteiger partial charge in [0.15, 0.2) is 0 Å². The topological polar surface area (TPSA) is 34.2 Å². The normalized spacial score (nSPS) is 16.4. The van der Waals surface area contributed by atoms with Gasteiger partial charge in [-0.2, -0.15) is 0 Å². The molecule has 0 aromatic carbocycles. The summed E-state index contributed by atoms with van der Waals surface area (Å²) in [5, 5.41) is 3.62. The van der Waals surface area contributed by atoms with Crippen molar-refractivity contribution in [2.24, 2.45) is 5.92 Å². The van der Waals surface area contributed by atoms with Gasteiger partial charge in [0, 0.05) is 29.1 Å². The molecule has 1 aromatic rings. The van der Waals surface area contributed by atoms with Crippen molar-refractivity contribution in [1.82, 2.24) is 10.3 Å². The fraction of sp³-hybridized carbons (Fsp3) is 0.688. The summed E-state index contributed by atoms with van der Waals surface area (Å²) in [5.41, 5.74) is 3.51. The van der Waals surface area contributed by atoms with Gasteiger partial charge in [-0.05, 0) is 52.0 Å². The molecule has 1 unspecified atom stereocenters. The lowest BCUT2D eigenvalue weighted by Crippen LogP contribution is -2.31. The lowest BCUT2D eigenvalue weighted by atomic mass is 10.0. The van der Waals surface area contributed by atoms with Gasteiger partial charge in [0.25, 0.3) is 0 Å². The first kappa shape index (κ1) is 14.3. The summed E-state index contributed by atoms with van der Waals surface area (Å²) in [5.74, 6) is 1.89. The molecule has 0 saturated heterocycles. The van der Waals surface area contributed by atoms with Crippen LogP contribution in [0.4, 0.5) is 0 Å². The maximum atomic E-state index is 5.47. The van der Waals surface area contributed by atoms with Crippen LogP contribution in [-0.4, -0.2) is 24.7 Å². The van der Waals surface area contributed by atoms with Crippen LogP contribution in [0.1, 0.15) is 43.0 Å². The number of nitrogens with zero attached hydrogens (tertiary/aromatic N) is 1. The van der Waals surface area contributed by atoms with Crippen molar-refractivity contribution in [2.45, 2.75) is 52.5 Å². The second-order valence-corrected chi connectivity index (χ2v) is 5.59. The van der Waals surface area contributed by atoms with Gasteiger partial charge in [-0.25, -0.2) is 0 Å². The number of rotatable bonds is 7. The van der Waals surface area contributed by atoms with Gasteiger partial charge < -0.3 is 10.1 Å². The molecule has 1 fully saturated rings. The van der Waals surface area contributed by atoms with E-state index in [0.717, 1.165) is 30.2 Å². The number of pyridine rings is 1. The Balaban J connectivity index is 2.02. The van der Waals surface area contributed by atoms with Crippen LogP contribution < -0.4 is 10.1 Å². The van der Waals surface area contributed by atoms with Crippen LogP contribution in [0.5, 0.6) is 5.75 Å². The molecule has 1 atom stereocenters. The van der Waals surface area contributed by atoms with E-state index in [4.69, 9.17) is 4.74 Å². The van der Waals surface area contributed by atoms with Crippen molar-refractivity contribution in [2.75, 3.05) is 13.7 Å². The highest BCUT2D eigenvalue weighted by atomic mass is 16.5. The molecule has 3 heteroatoms. The predicted molar refractivity (Wildman–Crippen MR) is 78.8 cm³/mol. The Morgan fingerprint density at radius 3 is 2.74 bits per heavy atom. The van der Waals surface area contributed by atoms with Crippen LogP contribution >= 0.6 is 0 Å². The summed E-state index contributed by atoms with van der Waals surface area (Å²) in [7, 11) is 1.74. The van der Waals surface area contributed by atoms with Crippen molar-refractivity contribution < 1.29 is 4.74 Å². The summed E-state index contributed by atoms with van der Waals surface area (Å²) in [6.07, 6.45) is 6.93. The van der Waals surface area contributed by atoms with E-state index in [1.54, 1.807) is 7.11 Å². The molecule has 106 valence electrons. The fourth-order valence-corrected chi connectivity index (χ4v) is 2.88. The number of methoxy groups -OCH3 is 1. The maximum Gasteiger partial charge on any atom is 0.128 e. The second-order valence-electron chi connectivity index (χ2n) is 5.59. The van der Waals surface area contributed by atoms with E-state index in [-0.39, 0.29) is 0 Å². The molecular weight excluding hydrogens is 236 g/mol. The Labute approximate surface area is 116 Å². The van der Waals surface area contributed by atoms with Crippen molar-refractivity contribution in [3.05, 3.63) is 23.0 Å². The average molecular weight is 262 g/mol. The summed E-state index contributed by atoms with van der Waals surface area (Å²) in [6.45, 7) is 7.42. The van der Waals surface area contributed by atoms with E-state index in [0.29, 0.717) is 6.04 Å². The van der Waals surface area contributed by atoms with Crippen LogP contribution in [0.25, 0.3) is 0 Å². The first-order chi connectivity index (χ1) is 9.17. The van der Waals surface area contributed by atoms with Crippen molar-refractivity contribution >= 4 is 0 Å². The number of nitrogens with one attached hydrogen (secondary N) is 1. The highest BCUT2D eigenvalue weighted by Crippen LogP contribution is 2.35. The quantitative estimate of drug-likeness (QED) is 0.820. The van der Waals surface area contributed by atoms with E-state index in [1.807, 2.05) is 13.1 Å². The van der Waals surface area contributed by atoms with Crippen LogP contribution in [0.2, 0.25) is 0 Å². The SMILES string of the molecule is CCNC(CCc1ncc(C)c(OC)c1C)C1CC1. The molecular formula is C16H26N2O. The Bertz CT molecular complexity index is 427. The van der Waals surface area contributed by atoms with Crippen LogP contribution in [-0.2, 0) is 6.42 Å². The smallest absolute Gasteiger partial charge is 0.128 e. The zero-order valence-corrected chi connectivity index (χ0v) is 12.6. The van der Waals surface area contributed by atoms with Crippen molar-refractivity contribution in [1.29, 1.82) is 0 Å². The molecule has 1 aromatic heterocycles. The van der Waals surface area contributed by atoms with E-state index in [1.165, 1.54) is 30.5 Å². The third-order valence-electron chi connectivity index (χ3n) is 4.10. The monoisotopic (exact) mass is 262 g/mol. The number of aromatic nitrogens is 1. The predicted octanol–water partition coefficient (Wildman–Crippen LogP) is 3.03. The van der Waals surface area contributed by atoms with E-state index in [9.17, 15) is 0 Å². The molecule has 0 aliphatic heterocycles. The van der Waals surface area contributed by atoms with Crippen molar-refractivity contribution in [3.63, 3.8) is 0 Å². The summed E-state index contributed by atoms with van der Waals surface area (Å²) in [6, 6.07) is 0.665. The standard InChI is InChI=1S/C16H26N2O/c1-5-17-15(13-6-7-13)9-8-14-12(3)16(19-4)11(2)10-18-14/h10,13,15,17H,5-9H2,1-4H3. The first-order valence-corrected chi connectivity index (χ1v) is 7.39.